The number of aromatic nitrogens is 2. The lowest BCUT2D eigenvalue weighted by Crippen LogP contribution is -2.30. The molecule has 3 aromatic rings. The molecule has 0 aliphatic carbocycles. The number of anilines is 1. The van der Waals surface area contributed by atoms with E-state index in [2.05, 4.69) is 15.3 Å². The molecule has 0 spiro atoms. The lowest BCUT2D eigenvalue weighted by Gasteiger charge is -2.15. The molecule has 0 fully saturated rings. The molecule has 6 heteroatoms. The first-order valence-electron chi connectivity index (χ1n) is 8.63. The van der Waals surface area contributed by atoms with Crippen LogP contribution in [0.2, 0.25) is 0 Å². The molecule has 1 heterocycles. The van der Waals surface area contributed by atoms with Crippen LogP contribution in [0.25, 0.3) is 11.4 Å². The largest absolute Gasteiger partial charge is 0.449 e. The van der Waals surface area contributed by atoms with Gasteiger partial charge < -0.3 is 15.0 Å². The molecule has 0 aliphatic rings. The van der Waals surface area contributed by atoms with Gasteiger partial charge in [0.1, 0.15) is 5.82 Å². The van der Waals surface area contributed by atoms with Gasteiger partial charge in [-0.25, -0.2) is 9.78 Å². The van der Waals surface area contributed by atoms with Crippen molar-refractivity contribution in [2.24, 2.45) is 0 Å². The second kappa shape index (κ2) is 7.86. The molecular formula is C21H21N3O3. The van der Waals surface area contributed by atoms with Gasteiger partial charge in [-0.3, -0.25) is 4.79 Å². The van der Waals surface area contributed by atoms with E-state index in [1.54, 1.807) is 43.6 Å². The first kappa shape index (κ1) is 18.4. The summed E-state index contributed by atoms with van der Waals surface area (Å²) >= 11 is 0. The van der Waals surface area contributed by atoms with Crippen LogP contribution in [-0.2, 0) is 9.53 Å². The zero-order valence-electron chi connectivity index (χ0n) is 15.4. The minimum atomic E-state index is -0.915. The lowest BCUT2D eigenvalue weighted by atomic mass is 10.1. The average molecular weight is 363 g/mol. The van der Waals surface area contributed by atoms with Gasteiger partial charge in [-0.05, 0) is 50.1 Å². The molecule has 0 saturated carbocycles. The lowest BCUT2D eigenvalue weighted by molar-refractivity contribution is -0.123. The topological polar surface area (TPSA) is 84.1 Å². The number of carbonyl (C=O) groups excluding carboxylic acids is 2. The van der Waals surface area contributed by atoms with E-state index in [0.717, 1.165) is 22.5 Å². The fourth-order valence-corrected chi connectivity index (χ4v) is 2.57. The van der Waals surface area contributed by atoms with Crippen molar-refractivity contribution in [3.05, 3.63) is 71.5 Å². The van der Waals surface area contributed by atoms with Gasteiger partial charge in [-0.1, -0.05) is 24.3 Å². The Hall–Kier alpha value is -3.41. The predicted octanol–water partition coefficient (Wildman–Crippen LogP) is 3.88. The van der Waals surface area contributed by atoms with Crippen molar-refractivity contribution in [2.45, 2.75) is 26.9 Å². The third-order valence-corrected chi connectivity index (χ3v) is 4.20. The summed E-state index contributed by atoms with van der Waals surface area (Å²) in [6.45, 7) is 5.41. The molecule has 2 N–H and O–H groups in total. The highest BCUT2D eigenvalue weighted by Gasteiger charge is 2.19. The Kier molecular flexibility index (Phi) is 5.35. The summed E-state index contributed by atoms with van der Waals surface area (Å²) < 4.78 is 5.30. The number of aryl methyl sites for hydroxylation is 2. The Bertz CT molecular complexity index is 947. The molecule has 0 saturated heterocycles. The van der Waals surface area contributed by atoms with Crippen LogP contribution in [-0.4, -0.2) is 27.9 Å². The zero-order chi connectivity index (χ0) is 19.4. The van der Waals surface area contributed by atoms with Gasteiger partial charge in [0, 0.05) is 23.6 Å². The Labute approximate surface area is 157 Å². The molecule has 27 heavy (non-hydrogen) atoms. The smallest absolute Gasteiger partial charge is 0.338 e. The summed E-state index contributed by atoms with van der Waals surface area (Å²) in [5, 5.41) is 2.81. The number of nitrogens with zero attached hydrogens (tertiary/aromatic N) is 1. The minimum Gasteiger partial charge on any atom is -0.449 e. The molecular weight excluding hydrogens is 342 g/mol. The van der Waals surface area contributed by atoms with E-state index < -0.39 is 12.1 Å². The van der Waals surface area contributed by atoms with Crippen LogP contribution in [0.4, 0.5) is 5.69 Å². The number of amides is 1. The van der Waals surface area contributed by atoms with Crippen LogP contribution in [0.15, 0.2) is 54.9 Å². The van der Waals surface area contributed by atoms with E-state index in [0.29, 0.717) is 11.3 Å². The number of imidazole rings is 1. The number of rotatable bonds is 5. The molecule has 1 amide bonds. The van der Waals surface area contributed by atoms with Crippen LogP contribution in [0.3, 0.4) is 0 Å². The van der Waals surface area contributed by atoms with Crippen molar-refractivity contribution in [3.8, 4) is 11.4 Å². The maximum atomic E-state index is 12.4. The molecule has 1 unspecified atom stereocenters. The second-order valence-electron chi connectivity index (χ2n) is 6.37. The Balaban J connectivity index is 1.63. The van der Waals surface area contributed by atoms with Crippen LogP contribution < -0.4 is 5.32 Å². The predicted molar refractivity (Wildman–Crippen MR) is 103 cm³/mol. The normalized spacial score (nSPS) is 11.7. The molecule has 6 nitrogen and oxygen atoms in total. The van der Waals surface area contributed by atoms with E-state index in [-0.39, 0.29) is 5.91 Å². The van der Waals surface area contributed by atoms with Gasteiger partial charge >= 0.3 is 5.97 Å². The molecule has 2 aromatic carbocycles. The molecule has 0 bridgehead atoms. The first-order valence-corrected chi connectivity index (χ1v) is 8.63. The van der Waals surface area contributed by atoms with Crippen molar-refractivity contribution in [1.29, 1.82) is 0 Å². The van der Waals surface area contributed by atoms with Gasteiger partial charge in [0.2, 0.25) is 0 Å². The highest BCUT2D eigenvalue weighted by molar-refractivity contribution is 5.97. The van der Waals surface area contributed by atoms with E-state index in [1.165, 1.54) is 0 Å². The molecule has 0 aliphatic heterocycles. The number of benzene rings is 2. The number of carbonyl (C=O) groups is 2. The van der Waals surface area contributed by atoms with Crippen LogP contribution in [0.5, 0.6) is 0 Å². The van der Waals surface area contributed by atoms with Crippen molar-refractivity contribution < 1.29 is 14.3 Å². The molecule has 138 valence electrons. The number of hydrogen-bond acceptors (Lipinski definition) is 4. The van der Waals surface area contributed by atoms with Crippen molar-refractivity contribution in [1.82, 2.24) is 9.97 Å². The molecule has 0 radical (unpaired) electrons. The number of ether oxygens (including phenoxy) is 1. The third-order valence-electron chi connectivity index (χ3n) is 4.20. The van der Waals surface area contributed by atoms with Gasteiger partial charge in [0.25, 0.3) is 5.91 Å². The Morgan fingerprint density at radius 2 is 1.85 bits per heavy atom. The standard InChI is InChI=1S/C21H21N3O3/c1-13-4-5-14(2)18(12-13)24-20(25)15(3)27-21(26)17-8-6-16(7-9-17)19-22-10-11-23-19/h4-12,15H,1-3H3,(H,22,23)(H,24,25). The van der Waals surface area contributed by atoms with Gasteiger partial charge in [0.05, 0.1) is 5.56 Å². The van der Waals surface area contributed by atoms with E-state index in [4.69, 9.17) is 4.74 Å². The second-order valence-corrected chi connectivity index (χ2v) is 6.37. The monoisotopic (exact) mass is 363 g/mol. The van der Waals surface area contributed by atoms with Crippen LogP contribution in [0.1, 0.15) is 28.4 Å². The Morgan fingerprint density at radius 3 is 2.52 bits per heavy atom. The average Bonchev–Trinajstić information content (AvgIpc) is 3.19. The highest BCUT2D eigenvalue weighted by Crippen LogP contribution is 2.18. The minimum absolute atomic E-state index is 0.371. The summed E-state index contributed by atoms with van der Waals surface area (Å²) in [5.41, 5.74) is 3.93. The third kappa shape index (κ3) is 4.41. The molecule has 1 aromatic heterocycles. The van der Waals surface area contributed by atoms with E-state index in [9.17, 15) is 9.59 Å². The van der Waals surface area contributed by atoms with Crippen LogP contribution in [0, 0.1) is 13.8 Å². The van der Waals surface area contributed by atoms with E-state index in [1.807, 2.05) is 32.0 Å². The maximum Gasteiger partial charge on any atom is 0.338 e. The highest BCUT2D eigenvalue weighted by atomic mass is 16.5. The fraction of sp³-hybridized carbons (Fsp3) is 0.190. The summed E-state index contributed by atoms with van der Waals surface area (Å²) in [6.07, 6.45) is 2.48. The fourth-order valence-electron chi connectivity index (χ4n) is 2.57. The number of nitrogens with one attached hydrogen (secondary N) is 2. The SMILES string of the molecule is Cc1ccc(C)c(NC(=O)C(C)OC(=O)c2ccc(-c3ncc[nH]3)cc2)c1. The zero-order valence-corrected chi connectivity index (χ0v) is 15.4. The van der Waals surface area contributed by atoms with Crippen molar-refractivity contribution in [2.75, 3.05) is 5.32 Å². The van der Waals surface area contributed by atoms with E-state index >= 15 is 0 Å². The quantitative estimate of drug-likeness (QED) is 0.674. The van der Waals surface area contributed by atoms with Crippen LogP contribution >= 0.6 is 0 Å². The Morgan fingerprint density at radius 1 is 1.11 bits per heavy atom. The van der Waals surface area contributed by atoms with Gasteiger partial charge in [0.15, 0.2) is 6.10 Å². The summed E-state index contributed by atoms with van der Waals surface area (Å²) in [7, 11) is 0. The molecule has 1 atom stereocenters. The van der Waals surface area contributed by atoms with Gasteiger partial charge in [-0.15, -0.1) is 0 Å². The van der Waals surface area contributed by atoms with Gasteiger partial charge in [-0.2, -0.15) is 0 Å². The summed E-state index contributed by atoms with van der Waals surface area (Å²) in [5.74, 6) is -0.204. The summed E-state index contributed by atoms with van der Waals surface area (Å²) in [4.78, 5) is 31.8. The molecule has 3 rings (SSSR count). The number of esters is 1. The number of hydrogen-bond donors (Lipinski definition) is 2. The number of H-pyrrole nitrogens is 1. The number of aromatic amines is 1. The van der Waals surface area contributed by atoms with Crippen molar-refractivity contribution >= 4 is 17.6 Å². The maximum absolute atomic E-state index is 12.4. The summed E-state index contributed by atoms with van der Waals surface area (Å²) in [6, 6.07) is 12.6. The van der Waals surface area contributed by atoms with Crippen molar-refractivity contribution in [3.63, 3.8) is 0 Å². The first-order chi connectivity index (χ1) is 12.9.